The number of hydrogen-bond acceptors (Lipinski definition) is 4. The summed E-state index contributed by atoms with van der Waals surface area (Å²) < 4.78 is 0. The molecule has 21 heavy (non-hydrogen) atoms. The fourth-order valence-electron chi connectivity index (χ4n) is 2.49. The molecule has 1 N–H and O–H groups in total. The summed E-state index contributed by atoms with van der Waals surface area (Å²) in [5, 5.41) is 2.57. The van der Waals surface area contributed by atoms with Gasteiger partial charge in [0, 0.05) is 25.4 Å². The predicted octanol–water partition coefficient (Wildman–Crippen LogP) is 1.38. The van der Waals surface area contributed by atoms with Crippen molar-refractivity contribution in [1.82, 2.24) is 15.1 Å². The van der Waals surface area contributed by atoms with Crippen LogP contribution in [0, 0.1) is 5.92 Å². The van der Waals surface area contributed by atoms with Crippen molar-refractivity contribution < 1.29 is 9.59 Å². The molecule has 0 aliphatic heterocycles. The van der Waals surface area contributed by atoms with E-state index >= 15 is 0 Å². The molecule has 0 aliphatic rings. The van der Waals surface area contributed by atoms with E-state index in [0.29, 0.717) is 12.5 Å². The van der Waals surface area contributed by atoms with Crippen LogP contribution >= 0.6 is 0 Å². The van der Waals surface area contributed by atoms with Gasteiger partial charge in [0.25, 0.3) is 0 Å². The Morgan fingerprint density at radius 3 is 2.33 bits per heavy atom. The number of hydrogen-bond donors (Lipinski definition) is 1. The summed E-state index contributed by atoms with van der Waals surface area (Å²) in [5.74, 6) is -0.210. The quantitative estimate of drug-likeness (QED) is 0.553. The van der Waals surface area contributed by atoms with Gasteiger partial charge in [-0.2, -0.15) is 0 Å². The van der Waals surface area contributed by atoms with Gasteiger partial charge in [-0.15, -0.1) is 0 Å². The number of nitrogens with one attached hydrogen (secondary N) is 1. The smallest absolute Gasteiger partial charge is 0.220 e. The van der Waals surface area contributed by atoms with Crippen LogP contribution in [0.2, 0.25) is 0 Å². The van der Waals surface area contributed by atoms with Crippen molar-refractivity contribution in [2.24, 2.45) is 5.92 Å². The first-order valence-corrected chi connectivity index (χ1v) is 7.95. The van der Waals surface area contributed by atoms with Crippen LogP contribution in [0.15, 0.2) is 0 Å². The van der Waals surface area contributed by atoms with E-state index in [1.807, 2.05) is 0 Å². The maximum atomic E-state index is 11.3. The highest BCUT2D eigenvalue weighted by Crippen LogP contribution is 2.12. The van der Waals surface area contributed by atoms with Gasteiger partial charge in [-0.3, -0.25) is 4.79 Å². The molecule has 2 unspecified atom stereocenters. The van der Waals surface area contributed by atoms with Crippen LogP contribution in [0.1, 0.15) is 39.0 Å². The van der Waals surface area contributed by atoms with Gasteiger partial charge in [0.1, 0.15) is 6.29 Å². The Balaban J connectivity index is 4.05. The van der Waals surface area contributed by atoms with Gasteiger partial charge in [-0.05, 0) is 59.9 Å². The van der Waals surface area contributed by atoms with Gasteiger partial charge >= 0.3 is 0 Å². The van der Waals surface area contributed by atoms with E-state index < -0.39 is 0 Å². The lowest BCUT2D eigenvalue weighted by Gasteiger charge is -2.28. The molecule has 124 valence electrons. The number of carbonyl (C=O) groups excluding carboxylic acids is 2. The van der Waals surface area contributed by atoms with Gasteiger partial charge in [-0.25, -0.2) is 0 Å². The number of rotatable bonds is 12. The molecule has 0 saturated carbocycles. The average Bonchev–Trinajstić information content (AvgIpc) is 2.46. The zero-order valence-corrected chi connectivity index (χ0v) is 14.4. The highest BCUT2D eigenvalue weighted by Gasteiger charge is 2.15. The normalized spacial score (nSPS) is 14.2. The van der Waals surface area contributed by atoms with Crippen LogP contribution in [0.3, 0.4) is 0 Å². The van der Waals surface area contributed by atoms with Gasteiger partial charge in [0.15, 0.2) is 0 Å². The summed E-state index contributed by atoms with van der Waals surface area (Å²) in [7, 11) is 7.95. The molecule has 0 aromatic heterocycles. The number of nitrogens with zero attached hydrogens (tertiary/aromatic N) is 2. The molecule has 0 saturated heterocycles. The fraction of sp³-hybridized carbons (Fsp3) is 0.875. The highest BCUT2D eigenvalue weighted by atomic mass is 16.1. The summed E-state index contributed by atoms with van der Waals surface area (Å²) in [6, 6.07) is 0.584. The lowest BCUT2D eigenvalue weighted by atomic mass is 10.00. The Bertz CT molecular complexity index is 295. The molecule has 0 aromatic rings. The first kappa shape index (κ1) is 20.1. The molecule has 0 aliphatic carbocycles. The molecule has 5 heteroatoms. The largest absolute Gasteiger partial charge is 0.359 e. The molecule has 0 bridgehead atoms. The Kier molecular flexibility index (Phi) is 11.2. The maximum absolute atomic E-state index is 11.3. The summed E-state index contributed by atoms with van der Waals surface area (Å²) in [6.45, 7) is 4.29. The van der Waals surface area contributed by atoms with E-state index in [4.69, 9.17) is 0 Å². The van der Waals surface area contributed by atoms with Crippen LogP contribution in [0.25, 0.3) is 0 Å². The van der Waals surface area contributed by atoms with E-state index in [0.717, 1.165) is 45.1 Å². The van der Waals surface area contributed by atoms with Crippen molar-refractivity contribution in [3.63, 3.8) is 0 Å². The predicted molar refractivity (Wildman–Crippen MR) is 87.4 cm³/mol. The molecule has 1 amide bonds. The van der Waals surface area contributed by atoms with Crippen LogP contribution in [-0.4, -0.2) is 69.3 Å². The SMILES string of the molecule is CCC(CCN(C)C)N(C)CCCC(C=O)CC(=O)NC. The van der Waals surface area contributed by atoms with Crippen LogP contribution in [-0.2, 0) is 9.59 Å². The van der Waals surface area contributed by atoms with Crippen molar-refractivity contribution in [3.05, 3.63) is 0 Å². The second kappa shape index (κ2) is 11.7. The molecule has 0 spiro atoms. The van der Waals surface area contributed by atoms with Gasteiger partial charge in [0.05, 0.1) is 0 Å². The van der Waals surface area contributed by atoms with Crippen molar-refractivity contribution in [2.75, 3.05) is 41.3 Å². The third-order valence-electron chi connectivity index (χ3n) is 4.01. The second-order valence-corrected chi connectivity index (χ2v) is 6.05. The molecule has 0 rings (SSSR count). The minimum Gasteiger partial charge on any atom is -0.359 e. The van der Waals surface area contributed by atoms with Crippen LogP contribution < -0.4 is 5.32 Å². The van der Waals surface area contributed by atoms with Crippen molar-refractivity contribution in [1.29, 1.82) is 0 Å². The summed E-state index contributed by atoms with van der Waals surface area (Å²) in [6.07, 6.45) is 5.26. The third kappa shape index (κ3) is 9.58. The molecule has 0 heterocycles. The summed E-state index contributed by atoms with van der Waals surface area (Å²) in [5.41, 5.74) is 0. The summed E-state index contributed by atoms with van der Waals surface area (Å²) >= 11 is 0. The fourth-order valence-corrected chi connectivity index (χ4v) is 2.49. The lowest BCUT2D eigenvalue weighted by molar-refractivity contribution is -0.124. The highest BCUT2D eigenvalue weighted by molar-refractivity contribution is 5.78. The molecule has 0 fully saturated rings. The first-order valence-electron chi connectivity index (χ1n) is 7.95. The van der Waals surface area contributed by atoms with E-state index in [1.54, 1.807) is 7.05 Å². The van der Waals surface area contributed by atoms with E-state index in [2.05, 4.69) is 43.2 Å². The molecule has 2 atom stereocenters. The van der Waals surface area contributed by atoms with Gasteiger partial charge < -0.3 is 19.9 Å². The topological polar surface area (TPSA) is 52.7 Å². The van der Waals surface area contributed by atoms with Crippen molar-refractivity contribution in [3.8, 4) is 0 Å². The summed E-state index contributed by atoms with van der Waals surface area (Å²) in [4.78, 5) is 26.9. The standard InChI is InChI=1S/C16H33N3O2/c1-6-15(9-11-18(3)4)19(5)10-7-8-14(13-20)12-16(21)17-2/h13-15H,6-12H2,1-5H3,(H,17,21). The molecule has 0 aromatic carbocycles. The minimum absolute atomic E-state index is 0.0575. The van der Waals surface area contributed by atoms with Crippen molar-refractivity contribution >= 4 is 12.2 Å². The molecular weight excluding hydrogens is 266 g/mol. The molecule has 0 radical (unpaired) electrons. The van der Waals surface area contributed by atoms with Crippen molar-refractivity contribution in [2.45, 2.75) is 45.1 Å². The zero-order chi connectivity index (χ0) is 16.3. The average molecular weight is 299 g/mol. The minimum atomic E-state index is -0.153. The molecular formula is C16H33N3O2. The monoisotopic (exact) mass is 299 g/mol. The van der Waals surface area contributed by atoms with E-state index in [-0.39, 0.29) is 11.8 Å². The third-order valence-corrected chi connectivity index (χ3v) is 4.01. The van der Waals surface area contributed by atoms with E-state index in [9.17, 15) is 9.59 Å². The number of carbonyl (C=O) groups is 2. The number of aldehydes is 1. The Hall–Kier alpha value is -0.940. The van der Waals surface area contributed by atoms with E-state index in [1.165, 1.54) is 0 Å². The van der Waals surface area contributed by atoms with Gasteiger partial charge in [-0.1, -0.05) is 6.92 Å². The van der Waals surface area contributed by atoms with Crippen LogP contribution in [0.4, 0.5) is 0 Å². The second-order valence-electron chi connectivity index (χ2n) is 6.05. The number of amides is 1. The Morgan fingerprint density at radius 1 is 1.19 bits per heavy atom. The lowest BCUT2D eigenvalue weighted by Crippen LogP contribution is -2.34. The Morgan fingerprint density at radius 2 is 1.86 bits per heavy atom. The van der Waals surface area contributed by atoms with Crippen LogP contribution in [0.5, 0.6) is 0 Å². The Labute approximate surface area is 130 Å². The maximum Gasteiger partial charge on any atom is 0.220 e. The first-order chi connectivity index (χ1) is 9.94. The van der Waals surface area contributed by atoms with Gasteiger partial charge in [0.2, 0.25) is 5.91 Å². The molecule has 5 nitrogen and oxygen atoms in total. The zero-order valence-electron chi connectivity index (χ0n) is 14.4.